The standard InChI is InChI=1S/C32H32N2/c1-19-13-21(3)30(22(4)14-19)33-29-12-11-27-17-25-9-7-8-10-26(25)18-28(27)32(29)34-31-23(5)15-20(2)16-24(31)6/h7-18,33-34H,1-6H3. The summed E-state index contributed by atoms with van der Waals surface area (Å²) < 4.78 is 0. The number of nitrogens with one attached hydrogen (secondary N) is 2. The van der Waals surface area contributed by atoms with Crippen LogP contribution in [0, 0.1) is 41.5 Å². The molecule has 0 saturated carbocycles. The third-order valence-corrected chi connectivity index (χ3v) is 6.75. The van der Waals surface area contributed by atoms with Crippen molar-refractivity contribution in [3.63, 3.8) is 0 Å². The summed E-state index contributed by atoms with van der Waals surface area (Å²) in [5.41, 5.74) is 12.1. The summed E-state index contributed by atoms with van der Waals surface area (Å²) in [6.07, 6.45) is 0. The average Bonchev–Trinajstić information content (AvgIpc) is 2.78. The molecule has 0 heterocycles. The lowest BCUT2D eigenvalue weighted by atomic mass is 9.99. The normalized spacial score (nSPS) is 11.2. The highest BCUT2D eigenvalue weighted by molar-refractivity contribution is 6.08. The smallest absolute Gasteiger partial charge is 0.0703 e. The first kappa shape index (κ1) is 22.0. The van der Waals surface area contributed by atoms with Crippen molar-refractivity contribution in [3.05, 3.63) is 106 Å². The molecule has 5 rings (SSSR count). The van der Waals surface area contributed by atoms with E-state index in [1.807, 2.05) is 0 Å². The molecule has 2 nitrogen and oxygen atoms in total. The van der Waals surface area contributed by atoms with Crippen molar-refractivity contribution < 1.29 is 0 Å². The van der Waals surface area contributed by atoms with Crippen LogP contribution in [-0.4, -0.2) is 0 Å². The molecule has 0 radical (unpaired) electrons. The van der Waals surface area contributed by atoms with Gasteiger partial charge >= 0.3 is 0 Å². The second kappa shape index (κ2) is 8.53. The summed E-state index contributed by atoms with van der Waals surface area (Å²) in [7, 11) is 0. The summed E-state index contributed by atoms with van der Waals surface area (Å²) in [4.78, 5) is 0. The van der Waals surface area contributed by atoms with E-state index in [2.05, 4.69) is 125 Å². The zero-order chi connectivity index (χ0) is 24.0. The predicted molar refractivity (Wildman–Crippen MR) is 149 cm³/mol. The first-order valence-electron chi connectivity index (χ1n) is 12.0. The van der Waals surface area contributed by atoms with Crippen LogP contribution in [0.4, 0.5) is 22.7 Å². The van der Waals surface area contributed by atoms with Gasteiger partial charge in [0.25, 0.3) is 0 Å². The predicted octanol–water partition coefficient (Wildman–Crippen LogP) is 9.33. The van der Waals surface area contributed by atoms with Gasteiger partial charge in [-0.3, -0.25) is 0 Å². The van der Waals surface area contributed by atoms with Crippen molar-refractivity contribution in [2.75, 3.05) is 10.6 Å². The van der Waals surface area contributed by atoms with Crippen molar-refractivity contribution in [1.29, 1.82) is 0 Å². The highest BCUT2D eigenvalue weighted by atomic mass is 15.0. The van der Waals surface area contributed by atoms with Crippen LogP contribution in [0.15, 0.2) is 72.8 Å². The van der Waals surface area contributed by atoms with E-state index in [0.717, 1.165) is 11.4 Å². The van der Waals surface area contributed by atoms with Gasteiger partial charge in [0, 0.05) is 16.8 Å². The topological polar surface area (TPSA) is 24.1 Å². The first-order valence-corrected chi connectivity index (χ1v) is 12.0. The van der Waals surface area contributed by atoms with Crippen molar-refractivity contribution in [3.8, 4) is 0 Å². The van der Waals surface area contributed by atoms with E-state index >= 15 is 0 Å². The minimum atomic E-state index is 1.08. The number of hydrogen-bond donors (Lipinski definition) is 2. The average molecular weight is 445 g/mol. The van der Waals surface area contributed by atoms with Crippen LogP contribution in [-0.2, 0) is 0 Å². The molecule has 0 aliphatic heterocycles. The van der Waals surface area contributed by atoms with Crippen LogP contribution >= 0.6 is 0 Å². The zero-order valence-electron chi connectivity index (χ0n) is 20.9. The van der Waals surface area contributed by atoms with Crippen molar-refractivity contribution >= 4 is 44.3 Å². The summed E-state index contributed by atoms with van der Waals surface area (Å²) in [5.74, 6) is 0. The fourth-order valence-corrected chi connectivity index (χ4v) is 5.27. The first-order chi connectivity index (χ1) is 16.3. The lowest BCUT2D eigenvalue weighted by Gasteiger charge is -2.22. The lowest BCUT2D eigenvalue weighted by Crippen LogP contribution is -2.03. The molecular formula is C32H32N2. The molecule has 2 N–H and O–H groups in total. The third kappa shape index (κ3) is 4.01. The quantitative estimate of drug-likeness (QED) is 0.270. The Kier molecular flexibility index (Phi) is 5.53. The summed E-state index contributed by atoms with van der Waals surface area (Å²) in [6, 6.07) is 26.6. The van der Waals surface area contributed by atoms with Gasteiger partial charge in [-0.05, 0) is 98.2 Å². The minimum absolute atomic E-state index is 1.08. The molecule has 0 unspecified atom stereocenters. The molecule has 0 aliphatic rings. The maximum atomic E-state index is 3.85. The number of hydrogen-bond acceptors (Lipinski definition) is 2. The van der Waals surface area contributed by atoms with Crippen LogP contribution in [0.2, 0.25) is 0 Å². The van der Waals surface area contributed by atoms with E-state index in [1.165, 1.54) is 66.3 Å². The van der Waals surface area contributed by atoms with E-state index in [9.17, 15) is 0 Å². The molecule has 0 aromatic heterocycles. The number of fused-ring (bicyclic) bond motifs is 2. The Labute approximate surface area is 202 Å². The Hall–Kier alpha value is -3.78. The molecule has 0 amide bonds. The molecule has 0 aliphatic carbocycles. The second-order valence-corrected chi connectivity index (χ2v) is 9.71. The van der Waals surface area contributed by atoms with Crippen LogP contribution in [0.5, 0.6) is 0 Å². The molecule has 170 valence electrons. The van der Waals surface area contributed by atoms with Crippen molar-refractivity contribution in [2.24, 2.45) is 0 Å². The number of benzene rings is 5. The number of rotatable bonds is 4. The van der Waals surface area contributed by atoms with E-state index in [-0.39, 0.29) is 0 Å². The second-order valence-electron chi connectivity index (χ2n) is 9.71. The highest BCUT2D eigenvalue weighted by Gasteiger charge is 2.14. The molecular weight excluding hydrogens is 412 g/mol. The summed E-state index contributed by atoms with van der Waals surface area (Å²) in [6.45, 7) is 13.0. The van der Waals surface area contributed by atoms with Gasteiger partial charge in [0.2, 0.25) is 0 Å². The van der Waals surface area contributed by atoms with E-state index in [1.54, 1.807) is 0 Å². The van der Waals surface area contributed by atoms with Crippen LogP contribution in [0.25, 0.3) is 21.5 Å². The molecule has 0 saturated heterocycles. The molecule has 0 spiro atoms. The number of aryl methyl sites for hydroxylation is 6. The largest absolute Gasteiger partial charge is 0.353 e. The summed E-state index contributed by atoms with van der Waals surface area (Å²) >= 11 is 0. The highest BCUT2D eigenvalue weighted by Crippen LogP contribution is 2.40. The maximum Gasteiger partial charge on any atom is 0.0703 e. The van der Waals surface area contributed by atoms with E-state index in [0.29, 0.717) is 0 Å². The Morgan fingerprint density at radius 1 is 0.441 bits per heavy atom. The Balaban J connectivity index is 1.74. The maximum absolute atomic E-state index is 3.85. The molecule has 5 aromatic carbocycles. The van der Waals surface area contributed by atoms with Crippen molar-refractivity contribution in [1.82, 2.24) is 0 Å². The summed E-state index contributed by atoms with van der Waals surface area (Å²) in [5, 5.41) is 12.6. The Morgan fingerprint density at radius 2 is 0.941 bits per heavy atom. The van der Waals surface area contributed by atoms with Gasteiger partial charge in [-0.15, -0.1) is 0 Å². The SMILES string of the molecule is Cc1cc(C)c(Nc2ccc3cc4ccccc4cc3c2Nc2c(C)cc(C)cc2C)c(C)c1. The lowest BCUT2D eigenvalue weighted by molar-refractivity contribution is 1.30. The molecule has 5 aromatic rings. The van der Waals surface area contributed by atoms with Crippen LogP contribution in [0.1, 0.15) is 33.4 Å². The van der Waals surface area contributed by atoms with Gasteiger partial charge in [0.05, 0.1) is 11.4 Å². The van der Waals surface area contributed by atoms with Crippen LogP contribution < -0.4 is 10.6 Å². The molecule has 2 heteroatoms. The number of anilines is 4. The van der Waals surface area contributed by atoms with Gasteiger partial charge < -0.3 is 10.6 Å². The van der Waals surface area contributed by atoms with E-state index < -0.39 is 0 Å². The molecule has 0 fully saturated rings. The molecule has 0 bridgehead atoms. The van der Waals surface area contributed by atoms with Gasteiger partial charge in [-0.25, -0.2) is 0 Å². The van der Waals surface area contributed by atoms with Crippen LogP contribution in [0.3, 0.4) is 0 Å². The van der Waals surface area contributed by atoms with Crippen molar-refractivity contribution in [2.45, 2.75) is 41.5 Å². The third-order valence-electron chi connectivity index (χ3n) is 6.75. The van der Waals surface area contributed by atoms with Gasteiger partial charge in [0.1, 0.15) is 0 Å². The Morgan fingerprint density at radius 3 is 1.50 bits per heavy atom. The fourth-order valence-electron chi connectivity index (χ4n) is 5.27. The zero-order valence-corrected chi connectivity index (χ0v) is 20.9. The Bertz CT molecular complexity index is 1510. The minimum Gasteiger partial charge on any atom is -0.353 e. The monoisotopic (exact) mass is 444 g/mol. The fraction of sp³-hybridized carbons (Fsp3) is 0.188. The molecule has 0 atom stereocenters. The van der Waals surface area contributed by atoms with E-state index in [4.69, 9.17) is 0 Å². The van der Waals surface area contributed by atoms with Gasteiger partial charge in [-0.1, -0.05) is 65.7 Å². The van der Waals surface area contributed by atoms with Gasteiger partial charge in [0.15, 0.2) is 0 Å². The molecule has 34 heavy (non-hydrogen) atoms. The van der Waals surface area contributed by atoms with Gasteiger partial charge in [-0.2, -0.15) is 0 Å².